The van der Waals surface area contributed by atoms with E-state index in [2.05, 4.69) is 30.4 Å². The molecule has 0 saturated carbocycles. The molecule has 3 nitrogen and oxygen atoms in total. The third-order valence-electron chi connectivity index (χ3n) is 4.70. The Bertz CT molecular complexity index is 492. The molecule has 0 aliphatic carbocycles. The lowest BCUT2D eigenvalue weighted by molar-refractivity contribution is -0.125. The van der Waals surface area contributed by atoms with Crippen molar-refractivity contribution in [1.29, 1.82) is 0 Å². The average Bonchev–Trinajstić information content (AvgIpc) is 2.69. The molecule has 1 aromatic carbocycles. The Balaban J connectivity index is 1.91. The number of hydrogen-bond donors (Lipinski definition) is 1. The van der Waals surface area contributed by atoms with Gasteiger partial charge in [-0.05, 0) is 63.6 Å². The summed E-state index contributed by atoms with van der Waals surface area (Å²) in [5.41, 5.74) is 2.07. The molecule has 0 aromatic heterocycles. The Morgan fingerprint density at radius 1 is 1.20 bits per heavy atom. The number of hydrogen-bond acceptors (Lipinski definition) is 2. The van der Waals surface area contributed by atoms with E-state index in [1.165, 1.54) is 18.4 Å². The van der Waals surface area contributed by atoms with Crippen molar-refractivity contribution in [2.75, 3.05) is 18.0 Å². The van der Waals surface area contributed by atoms with Crippen molar-refractivity contribution in [2.45, 2.75) is 51.0 Å². The van der Waals surface area contributed by atoms with Gasteiger partial charge >= 0.3 is 0 Å². The van der Waals surface area contributed by atoms with Crippen LogP contribution in [0.2, 0.25) is 0 Å². The van der Waals surface area contributed by atoms with E-state index in [0.29, 0.717) is 0 Å². The summed E-state index contributed by atoms with van der Waals surface area (Å²) in [6.45, 7) is 3.88. The highest BCUT2D eigenvalue weighted by atomic mass is 16.2. The van der Waals surface area contributed by atoms with Crippen molar-refractivity contribution in [3.8, 4) is 0 Å². The van der Waals surface area contributed by atoms with E-state index in [1.807, 2.05) is 11.0 Å². The summed E-state index contributed by atoms with van der Waals surface area (Å²) in [5.74, 6) is 0.256. The van der Waals surface area contributed by atoms with Gasteiger partial charge in [0.25, 0.3) is 0 Å². The summed E-state index contributed by atoms with van der Waals surface area (Å²) in [5, 5.41) is 3.45. The molecule has 1 fully saturated rings. The minimum atomic E-state index is -0.379. The molecule has 0 radical (unpaired) electrons. The van der Waals surface area contributed by atoms with Crippen molar-refractivity contribution in [1.82, 2.24) is 5.32 Å². The Kier molecular flexibility index (Phi) is 3.79. The van der Waals surface area contributed by atoms with Crippen LogP contribution in [0.4, 0.5) is 5.69 Å². The molecule has 20 heavy (non-hydrogen) atoms. The first-order chi connectivity index (χ1) is 9.71. The van der Waals surface area contributed by atoms with Crippen molar-refractivity contribution in [2.24, 2.45) is 0 Å². The van der Waals surface area contributed by atoms with Gasteiger partial charge < -0.3 is 10.2 Å². The van der Waals surface area contributed by atoms with Gasteiger partial charge in [-0.25, -0.2) is 0 Å². The quantitative estimate of drug-likeness (QED) is 0.852. The van der Waals surface area contributed by atoms with Gasteiger partial charge in [0.05, 0.1) is 5.54 Å². The zero-order chi connectivity index (χ0) is 14.0. The number of nitrogens with zero attached hydrogens (tertiary/aromatic N) is 1. The molecular formula is C17H24N2O. The number of para-hydroxylation sites is 1. The van der Waals surface area contributed by atoms with Crippen LogP contribution >= 0.6 is 0 Å². The van der Waals surface area contributed by atoms with E-state index >= 15 is 0 Å². The van der Waals surface area contributed by atoms with E-state index in [-0.39, 0.29) is 11.4 Å². The van der Waals surface area contributed by atoms with Crippen molar-refractivity contribution in [3.05, 3.63) is 29.8 Å². The van der Waals surface area contributed by atoms with Gasteiger partial charge in [-0.3, -0.25) is 4.79 Å². The summed E-state index contributed by atoms with van der Waals surface area (Å²) in [7, 11) is 0. The molecule has 0 spiro atoms. The number of anilines is 1. The molecule has 1 amide bonds. The van der Waals surface area contributed by atoms with Gasteiger partial charge in [-0.2, -0.15) is 0 Å². The average molecular weight is 272 g/mol. The second-order valence-electron chi connectivity index (χ2n) is 6.26. The first-order valence-electron chi connectivity index (χ1n) is 7.86. The predicted molar refractivity (Wildman–Crippen MR) is 82.0 cm³/mol. The molecule has 3 heteroatoms. The highest BCUT2D eigenvalue weighted by Gasteiger charge is 2.38. The first kappa shape index (κ1) is 13.6. The molecule has 1 unspecified atom stereocenters. The van der Waals surface area contributed by atoms with Crippen molar-refractivity contribution < 1.29 is 4.79 Å². The van der Waals surface area contributed by atoms with Crippen LogP contribution in [0, 0.1) is 0 Å². The van der Waals surface area contributed by atoms with Crippen molar-refractivity contribution >= 4 is 11.6 Å². The number of aryl methyl sites for hydroxylation is 1. The van der Waals surface area contributed by atoms with E-state index in [1.54, 1.807) is 0 Å². The van der Waals surface area contributed by atoms with Gasteiger partial charge in [0.1, 0.15) is 0 Å². The van der Waals surface area contributed by atoms with Crippen LogP contribution in [0.25, 0.3) is 0 Å². The standard InChI is InChI=1S/C17H24N2O/c1-17(11-5-6-12-18-17)16(20)19-13-7-4-9-14-8-2-3-10-15(14)19/h2-3,8,10,18H,4-7,9,11-13H2,1H3. The van der Waals surface area contributed by atoms with Gasteiger partial charge in [0.15, 0.2) is 0 Å². The van der Waals surface area contributed by atoms with Crippen LogP contribution in [0.5, 0.6) is 0 Å². The monoisotopic (exact) mass is 272 g/mol. The normalized spacial score (nSPS) is 26.8. The topological polar surface area (TPSA) is 32.3 Å². The molecule has 2 aliphatic rings. The Labute approximate surface area is 121 Å². The summed E-state index contributed by atoms with van der Waals surface area (Å²) < 4.78 is 0. The van der Waals surface area contributed by atoms with E-state index in [4.69, 9.17) is 0 Å². The zero-order valence-electron chi connectivity index (χ0n) is 12.3. The Morgan fingerprint density at radius 2 is 2.05 bits per heavy atom. The van der Waals surface area contributed by atoms with Crippen LogP contribution in [0.15, 0.2) is 24.3 Å². The highest BCUT2D eigenvalue weighted by Crippen LogP contribution is 2.30. The summed E-state index contributed by atoms with van der Waals surface area (Å²) in [6, 6.07) is 8.39. The lowest BCUT2D eigenvalue weighted by Crippen LogP contribution is -2.58. The number of nitrogens with one attached hydrogen (secondary N) is 1. The minimum Gasteiger partial charge on any atom is -0.311 e. The number of amides is 1. The summed E-state index contributed by atoms with van der Waals surface area (Å²) >= 11 is 0. The van der Waals surface area contributed by atoms with Gasteiger partial charge in [0, 0.05) is 12.2 Å². The van der Waals surface area contributed by atoms with E-state index in [0.717, 1.165) is 44.5 Å². The molecule has 2 heterocycles. The van der Waals surface area contributed by atoms with E-state index in [9.17, 15) is 4.79 Å². The molecule has 0 bridgehead atoms. The van der Waals surface area contributed by atoms with Crippen LogP contribution in [0.3, 0.4) is 0 Å². The Hall–Kier alpha value is -1.35. The molecule has 1 atom stereocenters. The smallest absolute Gasteiger partial charge is 0.247 e. The zero-order valence-corrected chi connectivity index (χ0v) is 12.3. The number of benzene rings is 1. The van der Waals surface area contributed by atoms with Crippen LogP contribution in [-0.2, 0) is 11.2 Å². The van der Waals surface area contributed by atoms with Crippen molar-refractivity contribution in [3.63, 3.8) is 0 Å². The maximum absolute atomic E-state index is 13.1. The predicted octanol–water partition coefficient (Wildman–Crippen LogP) is 2.89. The third-order valence-corrected chi connectivity index (χ3v) is 4.70. The maximum Gasteiger partial charge on any atom is 0.247 e. The molecule has 108 valence electrons. The van der Waals surface area contributed by atoms with Crippen LogP contribution < -0.4 is 10.2 Å². The fraction of sp³-hybridized carbons (Fsp3) is 0.588. The first-order valence-corrected chi connectivity index (χ1v) is 7.86. The maximum atomic E-state index is 13.1. The number of rotatable bonds is 1. The molecule has 1 saturated heterocycles. The molecule has 1 N–H and O–H groups in total. The van der Waals surface area contributed by atoms with Gasteiger partial charge in [-0.15, -0.1) is 0 Å². The van der Waals surface area contributed by atoms with E-state index < -0.39 is 0 Å². The lowest BCUT2D eigenvalue weighted by atomic mass is 9.89. The number of fused-ring (bicyclic) bond motifs is 1. The SMILES string of the molecule is CC1(C(=O)N2CCCCc3ccccc32)CCCCN1. The third kappa shape index (κ3) is 2.47. The summed E-state index contributed by atoms with van der Waals surface area (Å²) in [6.07, 6.45) is 6.63. The number of carbonyl (C=O) groups excluding carboxylic acids is 1. The van der Waals surface area contributed by atoms with Gasteiger partial charge in [0.2, 0.25) is 5.91 Å². The Morgan fingerprint density at radius 3 is 2.85 bits per heavy atom. The highest BCUT2D eigenvalue weighted by molar-refractivity contribution is 6.00. The number of piperidine rings is 1. The number of carbonyl (C=O) groups is 1. The summed E-state index contributed by atoms with van der Waals surface area (Å²) in [4.78, 5) is 15.1. The second-order valence-corrected chi connectivity index (χ2v) is 6.26. The lowest BCUT2D eigenvalue weighted by Gasteiger charge is -2.38. The fourth-order valence-corrected chi connectivity index (χ4v) is 3.44. The molecule has 3 rings (SSSR count). The minimum absolute atomic E-state index is 0.256. The van der Waals surface area contributed by atoms with Gasteiger partial charge in [-0.1, -0.05) is 18.2 Å². The molecule has 2 aliphatic heterocycles. The largest absolute Gasteiger partial charge is 0.311 e. The molecule has 1 aromatic rings. The second kappa shape index (κ2) is 5.57. The fourth-order valence-electron chi connectivity index (χ4n) is 3.44. The molecular weight excluding hydrogens is 248 g/mol. The van der Waals surface area contributed by atoms with Crippen LogP contribution in [0.1, 0.15) is 44.6 Å². The van der Waals surface area contributed by atoms with Crippen LogP contribution in [-0.4, -0.2) is 24.5 Å².